The van der Waals surface area contributed by atoms with Crippen molar-refractivity contribution in [1.29, 1.82) is 0 Å². The molecule has 0 amide bonds. The quantitative estimate of drug-likeness (QED) is 0.165. The molecule has 255 valence electrons. The van der Waals surface area contributed by atoms with Crippen molar-refractivity contribution in [3.8, 4) is 22.5 Å². The smallest absolute Gasteiger partial charge is 0.237 e. The second-order valence-electron chi connectivity index (χ2n) is 14.3. The van der Waals surface area contributed by atoms with E-state index < -0.39 is 23.6 Å². The number of furan rings is 1. The largest absolute Gasteiger partial charge is 0.487 e. The number of para-hydroxylation sites is 2. The Bertz CT molecular complexity index is 2620. The van der Waals surface area contributed by atoms with Crippen molar-refractivity contribution in [3.63, 3.8) is 0 Å². The average molecular weight is 840 g/mol. The van der Waals surface area contributed by atoms with Gasteiger partial charge < -0.3 is 14.4 Å². The molecule has 0 N–H and O–H groups in total. The summed E-state index contributed by atoms with van der Waals surface area (Å²) in [6.07, 6.45) is 2.23. The normalized spacial score (nSPS) is 13.7. The molecule has 5 aromatic heterocycles. The van der Waals surface area contributed by atoms with Gasteiger partial charge in [0, 0.05) is 49.6 Å². The number of rotatable bonds is 4. The molecule has 8 aromatic rings. The van der Waals surface area contributed by atoms with Gasteiger partial charge in [-0.15, -0.1) is 54.1 Å². The summed E-state index contributed by atoms with van der Waals surface area (Å²) in [5.41, 5.74) is 7.14. The summed E-state index contributed by atoms with van der Waals surface area (Å²) in [6.45, 7) is 13.3. The van der Waals surface area contributed by atoms with Crippen molar-refractivity contribution >= 4 is 38.9 Å². The van der Waals surface area contributed by atoms with Crippen LogP contribution in [0.4, 0.5) is 0 Å². The van der Waals surface area contributed by atoms with Crippen LogP contribution in [0, 0.1) is 29.9 Å². The first kappa shape index (κ1) is 30.1. The van der Waals surface area contributed by atoms with E-state index in [1.807, 2.05) is 120 Å². The molecule has 0 atom stereocenters. The summed E-state index contributed by atoms with van der Waals surface area (Å²) in [4.78, 5) is 18.1. The summed E-state index contributed by atoms with van der Waals surface area (Å²) in [5.74, 6) is 0.576. The maximum atomic E-state index is 8.66. The molecule has 1 radical (unpaired) electrons. The Kier molecular flexibility index (Phi) is 8.38. The predicted molar refractivity (Wildman–Crippen MR) is 199 cm³/mol. The molecule has 3 aromatic carbocycles. The van der Waals surface area contributed by atoms with Crippen LogP contribution in [0.3, 0.4) is 0 Å². The maximum Gasteiger partial charge on any atom is 0.237 e. The molecule has 6 nitrogen and oxygen atoms in total. The first-order chi connectivity index (χ1) is 25.0. The monoisotopic (exact) mass is 840 g/mol. The third-order valence-corrected chi connectivity index (χ3v) is 7.86. The van der Waals surface area contributed by atoms with Gasteiger partial charge in [-0.2, -0.15) is 0 Å². The number of nitrogens with zero attached hydrogens (tertiary/aromatic N) is 5. The van der Waals surface area contributed by atoms with Crippen LogP contribution < -0.4 is 0 Å². The summed E-state index contributed by atoms with van der Waals surface area (Å²) in [6, 6.07) is 31.1. The molecule has 7 heteroatoms. The molecule has 8 rings (SSSR count). The molecule has 50 heavy (non-hydrogen) atoms. The number of hydrogen-bond acceptors (Lipinski definition) is 5. The van der Waals surface area contributed by atoms with E-state index in [1.54, 1.807) is 30.7 Å². The number of aryl methyl sites for hydroxylation is 1. The maximum absolute atomic E-state index is 8.66. The van der Waals surface area contributed by atoms with Crippen LogP contribution in [0.2, 0.25) is 0 Å². The second kappa shape index (κ2) is 13.9. The number of imidazole rings is 1. The van der Waals surface area contributed by atoms with Crippen LogP contribution in [-0.2, 0) is 32.9 Å². The zero-order valence-electron chi connectivity index (χ0n) is 33.2. The van der Waals surface area contributed by atoms with Gasteiger partial charge in [0.25, 0.3) is 0 Å². The number of benzene rings is 3. The predicted octanol–water partition coefficient (Wildman–Crippen LogP) is 10.7. The number of hydrogen-bond donors (Lipinski definition) is 0. The fourth-order valence-electron chi connectivity index (χ4n) is 5.81. The zero-order chi connectivity index (χ0) is 37.9. The molecular weight excluding hydrogens is 795 g/mol. The second-order valence-corrected chi connectivity index (χ2v) is 14.3. The Balaban J connectivity index is 0.000000205. The first-order valence-corrected chi connectivity index (χ1v) is 16.4. The fourth-order valence-corrected chi connectivity index (χ4v) is 5.81. The van der Waals surface area contributed by atoms with E-state index in [0.29, 0.717) is 39.5 Å². The van der Waals surface area contributed by atoms with Gasteiger partial charge >= 0.3 is 0 Å². The average Bonchev–Trinajstić information content (AvgIpc) is 3.70. The number of pyridine rings is 2. The molecule has 0 unspecified atom stereocenters. The van der Waals surface area contributed by atoms with Gasteiger partial charge in [0.1, 0.15) is 0 Å². The Morgan fingerprint density at radius 1 is 0.780 bits per heavy atom. The van der Waals surface area contributed by atoms with E-state index in [0.717, 1.165) is 38.6 Å². The minimum Gasteiger partial charge on any atom is -0.487 e. The molecule has 0 bridgehead atoms. The SMILES string of the molecule is [2H]C([2H])(c1cc(-c2[c-]cccc2)ncc1C)C(C)(C)C.[2H]C([2H])(c1ccnc(-c2[c-]ccc3c2oc2c3cnc3nc4ccccc4n32)c1)C(C)(C)C.[Ir]. The van der Waals surface area contributed by atoms with E-state index in [1.165, 1.54) is 0 Å². The van der Waals surface area contributed by atoms with Crippen molar-refractivity contribution in [1.82, 2.24) is 24.3 Å². The molecule has 0 spiro atoms. The van der Waals surface area contributed by atoms with E-state index in [-0.39, 0.29) is 20.1 Å². The van der Waals surface area contributed by atoms with Gasteiger partial charge in [0.05, 0.1) is 16.6 Å². The topological polar surface area (TPSA) is 69.1 Å². The minimum absolute atomic E-state index is 0. The van der Waals surface area contributed by atoms with E-state index in [4.69, 9.17) is 9.90 Å². The Morgan fingerprint density at radius 3 is 2.32 bits per heavy atom. The molecule has 0 fully saturated rings. The Morgan fingerprint density at radius 2 is 1.56 bits per heavy atom. The third kappa shape index (κ3) is 7.40. The number of aromatic nitrogens is 5. The van der Waals surface area contributed by atoms with E-state index in [9.17, 15) is 0 Å². The van der Waals surface area contributed by atoms with Crippen LogP contribution in [0.5, 0.6) is 0 Å². The molecule has 0 saturated carbocycles. The van der Waals surface area contributed by atoms with Crippen molar-refractivity contribution in [3.05, 3.63) is 126 Å². The summed E-state index contributed by atoms with van der Waals surface area (Å²) < 4.78 is 42.6. The van der Waals surface area contributed by atoms with Gasteiger partial charge in [0.2, 0.25) is 11.5 Å². The summed E-state index contributed by atoms with van der Waals surface area (Å²) in [7, 11) is 0. The third-order valence-electron chi connectivity index (χ3n) is 7.86. The van der Waals surface area contributed by atoms with Gasteiger partial charge in [-0.3, -0.25) is 0 Å². The summed E-state index contributed by atoms with van der Waals surface area (Å²) in [5, 5.41) is 1.77. The molecule has 0 aliphatic carbocycles. The molecule has 0 aliphatic heterocycles. The zero-order valence-corrected chi connectivity index (χ0v) is 31.6. The van der Waals surface area contributed by atoms with Crippen LogP contribution in [0.1, 0.15) is 63.7 Å². The van der Waals surface area contributed by atoms with Crippen LogP contribution in [0.15, 0.2) is 102 Å². The summed E-state index contributed by atoms with van der Waals surface area (Å²) >= 11 is 0. The van der Waals surface area contributed by atoms with Crippen LogP contribution >= 0.6 is 0 Å². The standard InChI is InChI=1S/C26H21N4O.C17H20N.Ir/c1-26(2,3)14-16-11-12-27-21(13-16)18-8-6-7-17-19-15-28-25-29-20-9-4-5-10-22(20)30(25)24(19)31-23(17)18;1-13-12-18-16(14-8-6-5-7-9-14)10-15(13)11-17(2,3)4;/h4-7,9-13,15H,14H2,1-3H3;5-8,10,12H,11H2,1-4H3;/q2*-1;/i14D2;11D2;. The van der Waals surface area contributed by atoms with Crippen LogP contribution in [0.25, 0.3) is 61.4 Å². The minimum atomic E-state index is -1.53. The fraction of sp³-hybridized carbons (Fsp3) is 0.256. The number of fused-ring (bicyclic) bond motifs is 7. The molecule has 0 aliphatic rings. The molecule has 0 saturated heterocycles. The molecular formula is C43H41IrN5O-2. The molecule has 5 heterocycles. The van der Waals surface area contributed by atoms with Crippen molar-refractivity contribution in [2.24, 2.45) is 10.8 Å². The van der Waals surface area contributed by atoms with Gasteiger partial charge in [0.15, 0.2) is 0 Å². The van der Waals surface area contributed by atoms with E-state index >= 15 is 0 Å². The van der Waals surface area contributed by atoms with Crippen LogP contribution in [-0.4, -0.2) is 24.3 Å². The van der Waals surface area contributed by atoms with E-state index in [2.05, 4.69) is 32.1 Å². The Hall–Kier alpha value is -4.71. The van der Waals surface area contributed by atoms with Gasteiger partial charge in [-0.1, -0.05) is 87.9 Å². The van der Waals surface area contributed by atoms with Gasteiger partial charge in [-0.05, 0) is 65.6 Å². The first-order valence-electron chi connectivity index (χ1n) is 18.4. The van der Waals surface area contributed by atoms with Gasteiger partial charge in [-0.25, -0.2) is 14.4 Å². The van der Waals surface area contributed by atoms with Crippen molar-refractivity contribution in [2.75, 3.05) is 0 Å². The van der Waals surface area contributed by atoms with Crippen molar-refractivity contribution in [2.45, 2.75) is 61.2 Å². The van der Waals surface area contributed by atoms with Crippen molar-refractivity contribution < 1.29 is 30.0 Å². The Labute approximate surface area is 313 Å².